The van der Waals surface area contributed by atoms with Crippen LogP contribution in [0.1, 0.15) is 41.0 Å². The lowest BCUT2D eigenvalue weighted by Gasteiger charge is -2.11. The Morgan fingerprint density at radius 2 is 1.57 bits per heavy atom. The Hall–Kier alpha value is -2.69. The van der Waals surface area contributed by atoms with E-state index in [0.29, 0.717) is 11.1 Å². The van der Waals surface area contributed by atoms with Crippen LogP contribution in [0.15, 0.2) is 48.5 Å². The van der Waals surface area contributed by atoms with Crippen LogP contribution in [-0.2, 0) is 0 Å². The van der Waals surface area contributed by atoms with Gasteiger partial charge < -0.3 is 10.6 Å². The van der Waals surface area contributed by atoms with Crippen LogP contribution in [-0.4, -0.2) is 17.9 Å². The molecule has 23 heavy (non-hydrogen) atoms. The van der Waals surface area contributed by atoms with E-state index in [1.54, 1.807) is 36.4 Å². The normalized spacial score (nSPS) is 11.6. The Balaban J connectivity index is 2.06. The van der Waals surface area contributed by atoms with Crippen molar-refractivity contribution < 1.29 is 14.0 Å². The van der Waals surface area contributed by atoms with E-state index in [9.17, 15) is 14.0 Å². The molecule has 2 N–H and O–H groups in total. The fourth-order valence-corrected chi connectivity index (χ4v) is 1.94. The van der Waals surface area contributed by atoms with Crippen LogP contribution in [0.4, 0.5) is 10.1 Å². The summed E-state index contributed by atoms with van der Waals surface area (Å²) in [7, 11) is 0. The predicted octanol–water partition coefficient (Wildman–Crippen LogP) is 3.61. The molecule has 2 aromatic carbocycles. The summed E-state index contributed by atoms with van der Waals surface area (Å²) in [5.74, 6) is -1.10. The summed E-state index contributed by atoms with van der Waals surface area (Å²) in [6.07, 6.45) is 0.842. The minimum Gasteiger partial charge on any atom is -0.350 e. The summed E-state index contributed by atoms with van der Waals surface area (Å²) in [6, 6.07) is 12.3. The largest absolute Gasteiger partial charge is 0.350 e. The van der Waals surface area contributed by atoms with Gasteiger partial charge in [-0.2, -0.15) is 0 Å². The standard InChI is InChI=1S/C18H19FN2O2/c1-3-12(2)20-17(22)13-8-10-14(11-9-13)18(23)21-16-7-5-4-6-15(16)19/h4-12H,3H2,1-2H3,(H,20,22)(H,21,23). The minimum atomic E-state index is -0.495. The van der Waals surface area contributed by atoms with E-state index >= 15 is 0 Å². The molecule has 0 radical (unpaired) electrons. The molecule has 0 heterocycles. The van der Waals surface area contributed by atoms with Crippen molar-refractivity contribution in [1.29, 1.82) is 0 Å². The first-order chi connectivity index (χ1) is 11.0. The van der Waals surface area contributed by atoms with Gasteiger partial charge in [0, 0.05) is 17.2 Å². The number of rotatable bonds is 5. The van der Waals surface area contributed by atoms with Crippen molar-refractivity contribution in [2.24, 2.45) is 0 Å². The van der Waals surface area contributed by atoms with E-state index in [2.05, 4.69) is 10.6 Å². The third-order valence-corrected chi connectivity index (χ3v) is 3.52. The van der Waals surface area contributed by atoms with E-state index < -0.39 is 11.7 Å². The number of anilines is 1. The van der Waals surface area contributed by atoms with Crippen LogP contribution in [0.2, 0.25) is 0 Å². The number of nitrogens with one attached hydrogen (secondary N) is 2. The van der Waals surface area contributed by atoms with Crippen molar-refractivity contribution in [3.8, 4) is 0 Å². The summed E-state index contributed by atoms with van der Waals surface area (Å²) in [5.41, 5.74) is 0.956. The maximum absolute atomic E-state index is 13.5. The van der Waals surface area contributed by atoms with Gasteiger partial charge in [0.2, 0.25) is 0 Å². The smallest absolute Gasteiger partial charge is 0.255 e. The second-order valence-corrected chi connectivity index (χ2v) is 5.29. The van der Waals surface area contributed by atoms with Gasteiger partial charge in [-0.15, -0.1) is 0 Å². The van der Waals surface area contributed by atoms with Gasteiger partial charge >= 0.3 is 0 Å². The van der Waals surface area contributed by atoms with Crippen molar-refractivity contribution in [3.05, 3.63) is 65.5 Å². The molecular formula is C18H19FN2O2. The third-order valence-electron chi connectivity index (χ3n) is 3.52. The lowest BCUT2D eigenvalue weighted by atomic mass is 10.1. The zero-order chi connectivity index (χ0) is 16.8. The molecule has 1 atom stereocenters. The maximum atomic E-state index is 13.5. The molecule has 0 spiro atoms. The van der Waals surface area contributed by atoms with Gasteiger partial charge in [-0.3, -0.25) is 9.59 Å². The molecule has 5 heteroatoms. The summed E-state index contributed by atoms with van der Waals surface area (Å²) < 4.78 is 13.5. The van der Waals surface area contributed by atoms with E-state index in [-0.39, 0.29) is 17.6 Å². The fraction of sp³-hybridized carbons (Fsp3) is 0.222. The van der Waals surface area contributed by atoms with Gasteiger partial charge in [0.05, 0.1) is 5.69 Å². The highest BCUT2D eigenvalue weighted by Crippen LogP contribution is 2.14. The van der Waals surface area contributed by atoms with Crippen molar-refractivity contribution >= 4 is 17.5 Å². The van der Waals surface area contributed by atoms with Gasteiger partial charge in [0.25, 0.3) is 11.8 Å². The van der Waals surface area contributed by atoms with Gasteiger partial charge in [0.1, 0.15) is 5.82 Å². The van der Waals surface area contributed by atoms with E-state index in [1.165, 1.54) is 12.1 Å². The Kier molecular flexibility index (Phi) is 5.46. The summed E-state index contributed by atoms with van der Waals surface area (Å²) in [5, 5.41) is 5.35. The average molecular weight is 314 g/mol. The quantitative estimate of drug-likeness (QED) is 0.886. The molecule has 4 nitrogen and oxygen atoms in total. The highest BCUT2D eigenvalue weighted by Gasteiger charge is 2.11. The first-order valence-electron chi connectivity index (χ1n) is 7.48. The van der Waals surface area contributed by atoms with E-state index in [0.717, 1.165) is 6.42 Å². The second-order valence-electron chi connectivity index (χ2n) is 5.29. The van der Waals surface area contributed by atoms with E-state index in [4.69, 9.17) is 0 Å². The van der Waals surface area contributed by atoms with Crippen LogP contribution in [0.25, 0.3) is 0 Å². The molecule has 1 unspecified atom stereocenters. The van der Waals surface area contributed by atoms with Gasteiger partial charge in [-0.05, 0) is 49.7 Å². The van der Waals surface area contributed by atoms with Crippen LogP contribution in [0.5, 0.6) is 0 Å². The van der Waals surface area contributed by atoms with Gasteiger partial charge in [0.15, 0.2) is 0 Å². The highest BCUT2D eigenvalue weighted by molar-refractivity contribution is 6.05. The number of hydrogen-bond donors (Lipinski definition) is 2. The maximum Gasteiger partial charge on any atom is 0.255 e. The second kappa shape index (κ2) is 7.54. The zero-order valence-electron chi connectivity index (χ0n) is 13.1. The molecule has 0 fully saturated rings. The van der Waals surface area contributed by atoms with Gasteiger partial charge in [-0.25, -0.2) is 4.39 Å². The first kappa shape index (κ1) is 16.7. The van der Waals surface area contributed by atoms with Crippen molar-refractivity contribution in [2.45, 2.75) is 26.3 Å². The SMILES string of the molecule is CCC(C)NC(=O)c1ccc(C(=O)Nc2ccccc2F)cc1. The van der Waals surface area contributed by atoms with Crippen LogP contribution in [0.3, 0.4) is 0 Å². The van der Waals surface area contributed by atoms with Crippen molar-refractivity contribution in [1.82, 2.24) is 5.32 Å². The Labute approximate surface area is 134 Å². The molecule has 0 aliphatic heterocycles. The number of hydrogen-bond acceptors (Lipinski definition) is 2. The molecule has 0 aliphatic carbocycles. The van der Waals surface area contributed by atoms with Crippen LogP contribution in [0, 0.1) is 5.82 Å². The molecule has 2 rings (SSSR count). The van der Waals surface area contributed by atoms with Crippen LogP contribution >= 0.6 is 0 Å². The molecular weight excluding hydrogens is 295 g/mol. The number of carbonyl (C=O) groups is 2. The minimum absolute atomic E-state index is 0.0894. The topological polar surface area (TPSA) is 58.2 Å². The zero-order valence-corrected chi connectivity index (χ0v) is 13.1. The Morgan fingerprint density at radius 3 is 2.13 bits per heavy atom. The average Bonchev–Trinajstić information content (AvgIpc) is 2.56. The van der Waals surface area contributed by atoms with Gasteiger partial charge in [-0.1, -0.05) is 19.1 Å². The molecule has 0 bridgehead atoms. The number of carbonyl (C=O) groups excluding carboxylic acids is 2. The number of halogens is 1. The first-order valence-corrected chi connectivity index (χ1v) is 7.48. The molecule has 120 valence electrons. The number of amides is 2. The van der Waals surface area contributed by atoms with Crippen molar-refractivity contribution in [2.75, 3.05) is 5.32 Å². The number of para-hydroxylation sites is 1. The Bertz CT molecular complexity index is 698. The summed E-state index contributed by atoms with van der Waals surface area (Å²) in [6.45, 7) is 3.91. The molecule has 0 aliphatic rings. The third kappa shape index (κ3) is 4.39. The predicted molar refractivity (Wildman–Crippen MR) is 88.0 cm³/mol. The summed E-state index contributed by atoms with van der Waals surface area (Å²) >= 11 is 0. The molecule has 2 amide bonds. The lowest BCUT2D eigenvalue weighted by molar-refractivity contribution is 0.0937. The number of benzene rings is 2. The summed E-state index contributed by atoms with van der Waals surface area (Å²) in [4.78, 5) is 24.1. The van der Waals surface area contributed by atoms with Crippen molar-refractivity contribution in [3.63, 3.8) is 0 Å². The molecule has 0 aromatic heterocycles. The lowest BCUT2D eigenvalue weighted by Crippen LogP contribution is -2.31. The monoisotopic (exact) mass is 314 g/mol. The fourth-order valence-electron chi connectivity index (χ4n) is 1.94. The Morgan fingerprint density at radius 1 is 1.00 bits per heavy atom. The molecule has 0 saturated heterocycles. The molecule has 0 saturated carbocycles. The highest BCUT2D eigenvalue weighted by atomic mass is 19.1. The van der Waals surface area contributed by atoms with E-state index in [1.807, 2.05) is 13.8 Å². The molecule has 2 aromatic rings. The van der Waals surface area contributed by atoms with Crippen LogP contribution < -0.4 is 10.6 Å².